The van der Waals surface area contributed by atoms with Crippen molar-refractivity contribution in [2.75, 3.05) is 5.32 Å². The summed E-state index contributed by atoms with van der Waals surface area (Å²) in [6, 6.07) is 4.62. The molecule has 0 atom stereocenters. The van der Waals surface area contributed by atoms with Gasteiger partial charge < -0.3 is 10.3 Å². The van der Waals surface area contributed by atoms with Gasteiger partial charge in [-0.1, -0.05) is 0 Å². The van der Waals surface area contributed by atoms with Crippen LogP contribution in [0.3, 0.4) is 0 Å². The van der Waals surface area contributed by atoms with E-state index in [1.165, 1.54) is 12.1 Å². The maximum Gasteiger partial charge on any atom is 0.162 e. The summed E-state index contributed by atoms with van der Waals surface area (Å²) in [6.07, 6.45) is 1.81. The van der Waals surface area contributed by atoms with E-state index in [4.69, 9.17) is 0 Å². The molecule has 5 rings (SSSR count). The van der Waals surface area contributed by atoms with Gasteiger partial charge in [0, 0.05) is 22.7 Å². The van der Waals surface area contributed by atoms with Gasteiger partial charge in [0.2, 0.25) is 0 Å². The third-order valence-corrected chi connectivity index (χ3v) is 5.73. The monoisotopic (exact) mass is 393 g/mol. The van der Waals surface area contributed by atoms with Crippen LogP contribution < -0.4 is 5.32 Å². The molecule has 1 aliphatic rings. The Balaban J connectivity index is 1.87. The zero-order valence-electron chi connectivity index (χ0n) is 16.9. The van der Waals surface area contributed by atoms with Gasteiger partial charge in [-0.15, -0.1) is 10.2 Å². The Bertz CT molecular complexity index is 1310. The van der Waals surface area contributed by atoms with Crippen LogP contribution in [0.1, 0.15) is 36.6 Å². The highest BCUT2D eigenvalue weighted by atomic mass is 19.1. The predicted molar refractivity (Wildman–Crippen MR) is 109 cm³/mol. The number of halogens is 2. The molecule has 2 aromatic carbocycles. The Hall–Kier alpha value is -3.22. The highest BCUT2D eigenvalue weighted by Gasteiger charge is 2.37. The normalized spacial score (nSPS) is 14.6. The predicted octanol–water partition coefficient (Wildman–Crippen LogP) is 5.28. The zero-order valence-corrected chi connectivity index (χ0v) is 16.9. The minimum absolute atomic E-state index is 0.341. The van der Waals surface area contributed by atoms with Gasteiger partial charge in [0.25, 0.3) is 0 Å². The summed E-state index contributed by atoms with van der Waals surface area (Å²) >= 11 is 0. The third kappa shape index (κ3) is 2.36. The van der Waals surface area contributed by atoms with Crippen LogP contribution in [-0.4, -0.2) is 19.7 Å². The molecular formula is C22H21F2N5. The highest BCUT2D eigenvalue weighted by Crippen LogP contribution is 2.44. The van der Waals surface area contributed by atoms with Crippen LogP contribution >= 0.6 is 0 Å². The molecule has 0 radical (unpaired) electrons. The van der Waals surface area contributed by atoms with Crippen molar-refractivity contribution in [3.63, 3.8) is 0 Å². The number of aryl methyl sites for hydroxylation is 3. The number of rotatable bonds is 1. The average Bonchev–Trinajstić information content (AvgIpc) is 3.22. The van der Waals surface area contributed by atoms with E-state index in [-0.39, 0.29) is 0 Å². The van der Waals surface area contributed by atoms with E-state index in [1.807, 2.05) is 33.9 Å². The number of aromatic amines is 1. The number of nitrogens with zero attached hydrogens (tertiary/aromatic N) is 3. The molecule has 148 valence electrons. The van der Waals surface area contributed by atoms with Gasteiger partial charge in [0.05, 0.1) is 16.7 Å². The molecule has 0 fully saturated rings. The fraction of sp³-hybridized carbons (Fsp3) is 0.273. The molecule has 0 unspecified atom stereocenters. The first-order chi connectivity index (χ1) is 13.7. The number of anilines is 1. The summed E-state index contributed by atoms with van der Waals surface area (Å²) in [5.41, 5.74) is 3.89. The Morgan fingerprint density at radius 2 is 1.72 bits per heavy atom. The van der Waals surface area contributed by atoms with Crippen molar-refractivity contribution < 1.29 is 8.78 Å². The zero-order chi connectivity index (χ0) is 20.7. The third-order valence-electron chi connectivity index (χ3n) is 5.73. The van der Waals surface area contributed by atoms with Crippen LogP contribution in [0.5, 0.6) is 0 Å². The van der Waals surface area contributed by atoms with Crippen LogP contribution in [-0.2, 0) is 5.54 Å². The Kier molecular flexibility index (Phi) is 3.48. The SMILES string of the molecule is Cc1cc(-c2cc(F)cc3c(C)c[nH]c23)c(F)c2c1NC(C)(C)c1nnc(C)n1-2. The van der Waals surface area contributed by atoms with Gasteiger partial charge in [0.15, 0.2) is 11.6 Å². The summed E-state index contributed by atoms with van der Waals surface area (Å²) in [6.45, 7) is 9.59. The van der Waals surface area contributed by atoms with Crippen LogP contribution in [0, 0.1) is 32.4 Å². The molecule has 7 heteroatoms. The van der Waals surface area contributed by atoms with Crippen LogP contribution in [0.15, 0.2) is 24.4 Å². The lowest BCUT2D eigenvalue weighted by atomic mass is 9.93. The largest absolute Gasteiger partial charge is 0.371 e. The summed E-state index contributed by atoms with van der Waals surface area (Å²) in [5.74, 6) is 0.409. The smallest absolute Gasteiger partial charge is 0.162 e. The maximum absolute atomic E-state index is 16.0. The Morgan fingerprint density at radius 3 is 2.48 bits per heavy atom. The highest BCUT2D eigenvalue weighted by molar-refractivity contribution is 5.97. The lowest BCUT2D eigenvalue weighted by Crippen LogP contribution is -2.36. The van der Waals surface area contributed by atoms with Crippen molar-refractivity contribution in [1.29, 1.82) is 0 Å². The number of hydrogen-bond donors (Lipinski definition) is 2. The molecule has 0 amide bonds. The van der Waals surface area contributed by atoms with Gasteiger partial charge >= 0.3 is 0 Å². The molecule has 2 N–H and O–H groups in total. The number of fused-ring (bicyclic) bond motifs is 4. The molecule has 0 saturated carbocycles. The molecule has 1 aliphatic heterocycles. The van der Waals surface area contributed by atoms with Crippen LogP contribution in [0.25, 0.3) is 27.7 Å². The lowest BCUT2D eigenvalue weighted by molar-refractivity contribution is 0.522. The van der Waals surface area contributed by atoms with Gasteiger partial charge in [-0.3, -0.25) is 4.57 Å². The van der Waals surface area contributed by atoms with Gasteiger partial charge in [-0.25, -0.2) is 8.78 Å². The average molecular weight is 393 g/mol. The minimum Gasteiger partial charge on any atom is -0.371 e. The van der Waals surface area contributed by atoms with E-state index in [2.05, 4.69) is 20.5 Å². The molecule has 0 aliphatic carbocycles. The second-order valence-electron chi connectivity index (χ2n) is 8.28. The van der Waals surface area contributed by atoms with Crippen molar-refractivity contribution in [2.45, 2.75) is 40.2 Å². The Labute approximate surface area is 166 Å². The van der Waals surface area contributed by atoms with E-state index < -0.39 is 17.2 Å². The molecule has 0 saturated heterocycles. The number of hydrogen-bond acceptors (Lipinski definition) is 3. The first-order valence-corrected chi connectivity index (χ1v) is 9.51. The van der Waals surface area contributed by atoms with E-state index >= 15 is 4.39 Å². The van der Waals surface area contributed by atoms with Crippen molar-refractivity contribution in [3.8, 4) is 16.8 Å². The number of benzene rings is 2. The van der Waals surface area contributed by atoms with E-state index in [9.17, 15) is 4.39 Å². The second-order valence-corrected chi connectivity index (χ2v) is 8.28. The quantitative estimate of drug-likeness (QED) is 0.463. The van der Waals surface area contributed by atoms with Crippen LogP contribution in [0.4, 0.5) is 14.5 Å². The number of H-pyrrole nitrogens is 1. The first kappa shape index (κ1) is 17.8. The summed E-state index contributed by atoms with van der Waals surface area (Å²) < 4.78 is 32.2. The summed E-state index contributed by atoms with van der Waals surface area (Å²) in [7, 11) is 0. The molecule has 29 heavy (non-hydrogen) atoms. The number of aromatic nitrogens is 4. The maximum atomic E-state index is 16.0. The van der Waals surface area contributed by atoms with Crippen molar-refractivity contribution in [3.05, 3.63) is 58.8 Å². The van der Waals surface area contributed by atoms with E-state index in [0.29, 0.717) is 39.7 Å². The van der Waals surface area contributed by atoms with E-state index in [1.54, 1.807) is 17.6 Å². The van der Waals surface area contributed by atoms with Gasteiger partial charge in [0.1, 0.15) is 17.3 Å². The molecular weight excluding hydrogens is 372 g/mol. The molecule has 0 bridgehead atoms. The Morgan fingerprint density at radius 1 is 0.966 bits per heavy atom. The van der Waals surface area contributed by atoms with Gasteiger partial charge in [-0.05, 0) is 63.9 Å². The minimum atomic E-state index is -0.504. The topological polar surface area (TPSA) is 58.5 Å². The van der Waals surface area contributed by atoms with Crippen molar-refractivity contribution in [2.24, 2.45) is 0 Å². The standard InChI is InChI=1S/C22H21F2N5/c1-10-6-15(16-8-13(23)7-14-11(2)9-25-19(14)16)17(24)20-18(10)26-22(4,5)21-28-27-12(3)29(20)21/h6-9,25-26H,1-5H3. The molecule has 2 aromatic heterocycles. The summed E-state index contributed by atoms with van der Waals surface area (Å²) in [5, 5.41) is 12.6. The lowest BCUT2D eigenvalue weighted by Gasteiger charge is -2.35. The fourth-order valence-corrected chi connectivity index (χ4v) is 4.29. The summed E-state index contributed by atoms with van der Waals surface area (Å²) in [4.78, 5) is 3.17. The first-order valence-electron chi connectivity index (χ1n) is 9.51. The van der Waals surface area contributed by atoms with Crippen LogP contribution in [0.2, 0.25) is 0 Å². The van der Waals surface area contributed by atoms with Crippen molar-refractivity contribution >= 4 is 16.6 Å². The van der Waals surface area contributed by atoms with E-state index in [0.717, 1.165) is 16.5 Å². The molecule has 5 nitrogen and oxygen atoms in total. The molecule has 4 aromatic rings. The van der Waals surface area contributed by atoms with Crippen molar-refractivity contribution in [1.82, 2.24) is 19.7 Å². The molecule has 3 heterocycles. The van der Waals surface area contributed by atoms with Gasteiger partial charge in [-0.2, -0.15) is 0 Å². The second kappa shape index (κ2) is 5.65. The fourth-order valence-electron chi connectivity index (χ4n) is 4.29. The number of nitrogens with one attached hydrogen (secondary N) is 2. The molecule has 0 spiro atoms.